The third-order valence-electron chi connectivity index (χ3n) is 20.9. The van der Waals surface area contributed by atoms with Crippen LogP contribution in [0.2, 0.25) is 0 Å². The summed E-state index contributed by atoms with van der Waals surface area (Å²) in [7, 11) is 0. The topological polar surface area (TPSA) is 320 Å². The second kappa shape index (κ2) is 30.5. The Morgan fingerprint density at radius 3 is 1.06 bits per heavy atom. The number of carboxylic acids is 4. The second-order valence-electron chi connectivity index (χ2n) is 27.0. The standard InChI is InChI=1S/C77H48N4O8.C12H8N2O4.2CNS.Ru/c1-39-10-9-11-40(2)69(39)80-71(82)55-28-24-51-53-26-30-57-68-58(31-27-54(66(53)68)52-25-29-56(72(80)83)67(55)65(51)52)74(85)81(73(57)84)70-41(3)34-46(35-42(70)4)43-16-20-47(21-17-43)77(61-14-7-5-12-49(61)50-13-6-8-15-62(50)77)48-22-18-44(19-23-48)60-38-79-64(37-59(60)76(88)89)63-36-45(75(86)87)32-33-78-63;15-11(16)7-1-3-13-9(5-7)10-6-8(12(17)18)2-4-14-10;2*2-1-3;/h5-38H,1-4H3,(H,86,87)(H,88,89);1-6H,(H,15,16)(H,17,18);;;/q;;2*-1;+2. The van der Waals surface area contributed by atoms with Crippen LogP contribution in [-0.4, -0.2) is 98.2 Å². The number of pyridine rings is 4. The summed E-state index contributed by atoms with van der Waals surface area (Å²) in [6.45, 7) is 7.65. The van der Waals surface area contributed by atoms with Gasteiger partial charge in [-0.2, -0.15) is 10.3 Å². The Hall–Kier alpha value is -14.3. The predicted octanol–water partition coefficient (Wildman–Crippen LogP) is 19.0. The van der Waals surface area contributed by atoms with Gasteiger partial charge < -0.3 is 31.2 Å². The van der Waals surface area contributed by atoms with Gasteiger partial charge in [0.2, 0.25) is 0 Å². The molecule has 0 radical (unpaired) electrons. The van der Waals surface area contributed by atoms with Crippen molar-refractivity contribution in [1.82, 2.24) is 19.9 Å². The Kier molecular flexibility index (Phi) is 20.5. The number of aromatic nitrogens is 4. The van der Waals surface area contributed by atoms with Crippen molar-refractivity contribution in [3.63, 3.8) is 0 Å². The average molecular weight is 1620 g/mol. The van der Waals surface area contributed by atoms with E-state index < -0.39 is 41.1 Å². The molecule has 15 aromatic rings. The molecule has 0 atom stereocenters. The molecule has 18 rings (SSSR count). The van der Waals surface area contributed by atoms with Crippen molar-refractivity contribution in [2.75, 3.05) is 9.80 Å². The van der Waals surface area contributed by atoms with E-state index in [9.17, 15) is 39.0 Å². The zero-order valence-electron chi connectivity index (χ0n) is 60.4. The van der Waals surface area contributed by atoms with Crippen LogP contribution >= 0.6 is 24.4 Å². The molecule has 3 aliphatic rings. The number of amides is 4. The van der Waals surface area contributed by atoms with Crippen LogP contribution in [0.3, 0.4) is 0 Å². The molecule has 6 heterocycles. The number of carbonyl (C=O) groups excluding carboxylic acids is 4. The SMILES string of the molecule is Cc1cccc(C)c1N1C(=O)c2ccc3c4ccc5c6c(ccc(c7ccc(c2c37)C1=O)c64)C(=O)N(c1c(C)cc(-c2ccc(C3(c4ccc(-c6cnc(-c7cc(C(=O)O)ccn7)cc6C(=O)O)cc4)c4ccccc4-c4ccccc43)cc2)cc1C)C5=O.O=C(O)c1ccnc(-c2cc(C(=O)O)ccn2)c1.[N-]=C=S.[N-]=C=S.[Ru+2]. The summed E-state index contributed by atoms with van der Waals surface area (Å²) >= 11 is 7.40. The Balaban J connectivity index is 0.000000372. The van der Waals surface area contributed by atoms with Crippen LogP contribution in [0.4, 0.5) is 11.4 Å². The predicted molar refractivity (Wildman–Crippen MR) is 438 cm³/mol. The number of aryl methyl sites for hydroxylation is 4. The summed E-state index contributed by atoms with van der Waals surface area (Å²) in [5.74, 6) is -6.09. The molecular weight excluding hydrogens is 1560 g/mol. The van der Waals surface area contributed by atoms with Gasteiger partial charge in [-0.15, -0.1) is 0 Å². The fourth-order valence-electron chi connectivity index (χ4n) is 16.3. The fourth-order valence-corrected chi connectivity index (χ4v) is 16.3. The summed E-state index contributed by atoms with van der Waals surface area (Å²) < 4.78 is 0. The Morgan fingerprint density at radius 1 is 0.360 bits per heavy atom. The minimum absolute atomic E-state index is 0. The van der Waals surface area contributed by atoms with Gasteiger partial charge in [0.25, 0.3) is 23.6 Å². The molecular formula is C91H56N8O12RuS2. The van der Waals surface area contributed by atoms with E-state index >= 15 is 9.59 Å². The molecule has 4 N–H and O–H groups in total. The molecule has 20 nitrogen and oxygen atoms in total. The van der Waals surface area contributed by atoms with Gasteiger partial charge in [0.15, 0.2) is 0 Å². The monoisotopic (exact) mass is 1620 g/mol. The van der Waals surface area contributed by atoms with Crippen molar-refractivity contribution in [1.29, 1.82) is 0 Å². The van der Waals surface area contributed by atoms with Gasteiger partial charge in [0, 0.05) is 63.4 Å². The van der Waals surface area contributed by atoms with Crippen molar-refractivity contribution in [2.45, 2.75) is 33.1 Å². The molecule has 0 bridgehead atoms. The number of imide groups is 2. The van der Waals surface area contributed by atoms with Crippen LogP contribution in [0.5, 0.6) is 0 Å². The molecule has 4 aromatic heterocycles. The van der Waals surface area contributed by atoms with Crippen molar-refractivity contribution in [2.24, 2.45) is 0 Å². The number of thiocarbonyl (C=S) groups is 2. The summed E-state index contributed by atoms with van der Waals surface area (Å²) in [4.78, 5) is 125. The van der Waals surface area contributed by atoms with E-state index in [2.05, 4.69) is 92.9 Å². The molecule has 1 aliphatic carbocycles. The first kappa shape index (κ1) is 76.5. The summed E-state index contributed by atoms with van der Waals surface area (Å²) in [5.41, 5.74) is 15.5. The van der Waals surface area contributed by atoms with E-state index in [4.69, 9.17) is 21.0 Å². The number of isothiocyanates is 2. The summed E-state index contributed by atoms with van der Waals surface area (Å²) in [6, 6.07) is 67.4. The quantitative estimate of drug-likeness (QED) is 0.0220. The van der Waals surface area contributed by atoms with E-state index in [1.54, 1.807) is 24.3 Å². The van der Waals surface area contributed by atoms with Gasteiger partial charge in [-0.1, -0.05) is 164 Å². The molecule has 0 fully saturated rings. The zero-order chi connectivity index (χ0) is 79.6. The molecule has 0 unspecified atom stereocenters. The minimum atomic E-state index is -1.17. The van der Waals surface area contributed by atoms with Crippen molar-refractivity contribution >= 4 is 137 Å². The first-order valence-electron chi connectivity index (χ1n) is 35.0. The van der Waals surface area contributed by atoms with Gasteiger partial charge in [-0.25, -0.2) is 29.0 Å². The van der Waals surface area contributed by atoms with Gasteiger partial charge in [-0.3, -0.25) is 39.1 Å². The van der Waals surface area contributed by atoms with E-state index in [1.165, 1.54) is 87.4 Å². The van der Waals surface area contributed by atoms with E-state index in [0.717, 1.165) is 99.1 Å². The van der Waals surface area contributed by atoms with Crippen LogP contribution in [0.1, 0.15) is 127 Å². The number of fused-ring (bicyclic) bond motifs is 5. The van der Waals surface area contributed by atoms with E-state index in [0.29, 0.717) is 66.9 Å². The van der Waals surface area contributed by atoms with Crippen LogP contribution < -0.4 is 9.80 Å². The maximum absolute atomic E-state index is 15.1. The zero-order valence-corrected chi connectivity index (χ0v) is 63.8. The molecule has 23 heteroatoms. The van der Waals surface area contributed by atoms with Crippen LogP contribution in [0.15, 0.2) is 243 Å². The first-order valence-corrected chi connectivity index (χ1v) is 35.8. The number of rotatable bonds is 12. The van der Waals surface area contributed by atoms with Gasteiger partial charge >= 0.3 is 43.4 Å². The third-order valence-corrected chi connectivity index (χ3v) is 20.9. The number of hydrogen-bond acceptors (Lipinski definition) is 14. The second-order valence-corrected chi connectivity index (χ2v) is 27.4. The number of nitrogens with zero attached hydrogens (tertiary/aromatic N) is 8. The molecule has 552 valence electrons. The molecule has 4 amide bonds. The smallest absolute Gasteiger partial charge is 0.753 e. The third kappa shape index (κ3) is 12.7. The minimum Gasteiger partial charge on any atom is -0.753 e. The van der Waals surface area contributed by atoms with Crippen molar-refractivity contribution < 1.29 is 78.3 Å². The number of hydrogen-bond donors (Lipinski definition) is 4. The molecule has 114 heavy (non-hydrogen) atoms. The normalized spacial score (nSPS) is 12.6. The number of para-hydroxylation sites is 1. The summed E-state index contributed by atoms with van der Waals surface area (Å²) in [6.07, 6.45) is 5.53. The Bertz CT molecular complexity index is 6480. The summed E-state index contributed by atoms with van der Waals surface area (Å²) in [5, 5.41) is 60.7. The van der Waals surface area contributed by atoms with E-state index in [1.807, 2.05) is 131 Å². The van der Waals surface area contributed by atoms with Gasteiger partial charge in [0.05, 0.1) is 61.8 Å². The maximum atomic E-state index is 15.1. The van der Waals surface area contributed by atoms with Gasteiger partial charge in [-0.05, 0) is 211 Å². The molecule has 11 aromatic carbocycles. The fraction of sp³-hybridized carbons (Fsp3) is 0.0549. The van der Waals surface area contributed by atoms with Crippen molar-refractivity contribution in [3.8, 4) is 56.2 Å². The van der Waals surface area contributed by atoms with E-state index in [-0.39, 0.29) is 64.9 Å². The molecule has 2 aliphatic heterocycles. The van der Waals surface area contributed by atoms with Crippen molar-refractivity contribution in [3.05, 3.63) is 343 Å². The average Bonchev–Trinajstić information content (AvgIpc) is 1.28. The Labute approximate surface area is 672 Å². The molecule has 0 saturated heterocycles. The maximum Gasteiger partial charge on any atom is 2.00 e. The number of carboxylic acid groups (broad SMARTS) is 4. The Morgan fingerprint density at radius 2 is 0.702 bits per heavy atom. The molecule has 0 spiro atoms. The number of carbonyl (C=O) groups is 8. The molecule has 0 saturated carbocycles. The van der Waals surface area contributed by atoms with Crippen LogP contribution in [0.25, 0.3) is 110 Å². The van der Waals surface area contributed by atoms with Crippen LogP contribution in [-0.2, 0) is 24.9 Å². The number of benzene rings is 11. The number of anilines is 2. The largest absolute Gasteiger partial charge is 2.00 e. The van der Waals surface area contributed by atoms with Crippen LogP contribution in [0, 0.1) is 27.7 Å². The number of aromatic carboxylic acids is 4. The first-order chi connectivity index (χ1) is 54.5. The van der Waals surface area contributed by atoms with Gasteiger partial charge in [0.1, 0.15) is 0 Å².